The standard InChI is InChI=1S/C24H24N6O5S/c1-35-24(32)17-11-9-16(10-12-17)14-30-22-20(27-28-30)23(31)26-21(25-22)18-6-5-13-29(15-18)36(33,34)19-7-3-2-4-8-19/h2-4,7-12,18H,5-6,13-15H2,1H3,(H,25,26,31)/t18-/m1/s1. The first-order valence-corrected chi connectivity index (χ1v) is 12.9. The molecule has 1 saturated heterocycles. The lowest BCUT2D eigenvalue weighted by Gasteiger charge is -2.31. The number of sulfonamides is 1. The summed E-state index contributed by atoms with van der Waals surface area (Å²) < 4.78 is 33.9. The molecule has 0 amide bonds. The number of hydrogen-bond acceptors (Lipinski definition) is 8. The molecule has 1 aliphatic heterocycles. The quantitative estimate of drug-likeness (QED) is 0.390. The van der Waals surface area contributed by atoms with Gasteiger partial charge >= 0.3 is 5.97 Å². The number of H-pyrrole nitrogens is 1. The van der Waals surface area contributed by atoms with Crippen LogP contribution in [-0.2, 0) is 21.3 Å². The number of hydrogen-bond donors (Lipinski definition) is 1. The summed E-state index contributed by atoms with van der Waals surface area (Å²) in [6.45, 7) is 0.899. The van der Waals surface area contributed by atoms with E-state index >= 15 is 0 Å². The summed E-state index contributed by atoms with van der Waals surface area (Å²) in [7, 11) is -2.33. The highest BCUT2D eigenvalue weighted by Gasteiger charge is 2.32. The molecule has 36 heavy (non-hydrogen) atoms. The Morgan fingerprint density at radius 3 is 2.61 bits per heavy atom. The number of rotatable bonds is 6. The first kappa shape index (κ1) is 23.8. The number of fused-ring (bicyclic) bond motifs is 1. The van der Waals surface area contributed by atoms with Gasteiger partial charge in [0.25, 0.3) is 5.56 Å². The van der Waals surface area contributed by atoms with Crippen molar-refractivity contribution in [2.24, 2.45) is 0 Å². The molecule has 12 heteroatoms. The molecular formula is C24H24N6O5S. The molecule has 4 aromatic rings. The first-order valence-electron chi connectivity index (χ1n) is 11.4. The predicted octanol–water partition coefficient (Wildman–Crippen LogP) is 1.92. The largest absolute Gasteiger partial charge is 0.465 e. The van der Waals surface area contributed by atoms with E-state index in [1.54, 1.807) is 54.6 Å². The lowest BCUT2D eigenvalue weighted by molar-refractivity contribution is 0.0600. The molecular weight excluding hydrogens is 484 g/mol. The fourth-order valence-electron chi connectivity index (χ4n) is 4.35. The van der Waals surface area contributed by atoms with E-state index in [9.17, 15) is 18.0 Å². The van der Waals surface area contributed by atoms with E-state index in [1.807, 2.05) is 0 Å². The maximum Gasteiger partial charge on any atom is 0.337 e. The Morgan fingerprint density at radius 2 is 1.89 bits per heavy atom. The second kappa shape index (κ2) is 9.63. The zero-order valence-electron chi connectivity index (χ0n) is 19.5. The molecule has 0 aliphatic carbocycles. The summed E-state index contributed by atoms with van der Waals surface area (Å²) in [6.07, 6.45) is 1.33. The van der Waals surface area contributed by atoms with Gasteiger partial charge in [0.05, 0.1) is 24.1 Å². The third-order valence-corrected chi connectivity index (χ3v) is 8.13. The Kier molecular flexibility index (Phi) is 6.37. The molecule has 3 heterocycles. The number of piperidine rings is 1. The van der Waals surface area contributed by atoms with Gasteiger partial charge in [-0.05, 0) is 42.7 Å². The molecule has 0 spiro atoms. The van der Waals surface area contributed by atoms with Crippen molar-refractivity contribution < 1.29 is 17.9 Å². The van der Waals surface area contributed by atoms with E-state index in [4.69, 9.17) is 4.74 Å². The maximum atomic E-state index is 13.1. The van der Waals surface area contributed by atoms with Crippen LogP contribution in [0.4, 0.5) is 0 Å². The van der Waals surface area contributed by atoms with Crippen LogP contribution in [0.5, 0.6) is 0 Å². The smallest absolute Gasteiger partial charge is 0.337 e. The molecule has 11 nitrogen and oxygen atoms in total. The predicted molar refractivity (Wildman–Crippen MR) is 130 cm³/mol. The molecule has 0 radical (unpaired) electrons. The highest BCUT2D eigenvalue weighted by molar-refractivity contribution is 7.89. The van der Waals surface area contributed by atoms with Crippen molar-refractivity contribution in [1.82, 2.24) is 29.3 Å². The molecule has 1 fully saturated rings. The zero-order chi connectivity index (χ0) is 25.3. The van der Waals surface area contributed by atoms with Gasteiger partial charge in [0.1, 0.15) is 5.82 Å². The molecule has 1 aliphatic rings. The first-order chi connectivity index (χ1) is 17.4. The lowest BCUT2D eigenvalue weighted by Crippen LogP contribution is -2.39. The average molecular weight is 509 g/mol. The van der Waals surface area contributed by atoms with E-state index in [0.717, 1.165) is 5.56 Å². The summed E-state index contributed by atoms with van der Waals surface area (Å²) in [5.74, 6) is -0.302. The molecule has 1 atom stereocenters. The minimum atomic E-state index is -3.65. The van der Waals surface area contributed by atoms with Gasteiger partial charge in [-0.15, -0.1) is 5.10 Å². The Bertz CT molecular complexity index is 1560. The summed E-state index contributed by atoms with van der Waals surface area (Å²) in [4.78, 5) is 32.1. The van der Waals surface area contributed by atoms with Crippen molar-refractivity contribution in [2.75, 3.05) is 20.2 Å². The summed E-state index contributed by atoms with van der Waals surface area (Å²) in [5, 5.41) is 8.07. The van der Waals surface area contributed by atoms with Gasteiger partial charge in [0.2, 0.25) is 10.0 Å². The van der Waals surface area contributed by atoms with E-state index in [-0.39, 0.29) is 29.4 Å². The molecule has 2 aromatic carbocycles. The number of carbonyl (C=O) groups excluding carboxylic acids is 1. The summed E-state index contributed by atoms with van der Waals surface area (Å²) in [5.41, 5.74) is 1.25. The van der Waals surface area contributed by atoms with Gasteiger partial charge in [0, 0.05) is 19.0 Å². The Balaban J connectivity index is 1.42. The van der Waals surface area contributed by atoms with Crippen LogP contribution in [0.15, 0.2) is 64.3 Å². The van der Waals surface area contributed by atoms with Gasteiger partial charge in [-0.25, -0.2) is 22.9 Å². The van der Waals surface area contributed by atoms with E-state index in [0.29, 0.717) is 36.4 Å². The van der Waals surface area contributed by atoms with E-state index in [1.165, 1.54) is 16.1 Å². The second-order valence-corrected chi connectivity index (χ2v) is 10.5. The van der Waals surface area contributed by atoms with Crippen molar-refractivity contribution in [1.29, 1.82) is 0 Å². The second-order valence-electron chi connectivity index (χ2n) is 8.57. The number of nitrogens with one attached hydrogen (secondary N) is 1. The number of aromatic nitrogens is 5. The van der Waals surface area contributed by atoms with Crippen molar-refractivity contribution >= 4 is 27.2 Å². The summed E-state index contributed by atoms with van der Waals surface area (Å²) >= 11 is 0. The van der Waals surface area contributed by atoms with Gasteiger partial charge < -0.3 is 9.72 Å². The Hall–Kier alpha value is -3.90. The molecule has 186 valence electrons. The van der Waals surface area contributed by atoms with Crippen LogP contribution in [0.25, 0.3) is 11.2 Å². The van der Waals surface area contributed by atoms with Crippen LogP contribution in [0, 0.1) is 0 Å². The number of aromatic amines is 1. The molecule has 0 saturated carbocycles. The molecule has 0 bridgehead atoms. The van der Waals surface area contributed by atoms with Gasteiger partial charge in [-0.2, -0.15) is 4.31 Å². The van der Waals surface area contributed by atoms with Crippen LogP contribution < -0.4 is 5.56 Å². The van der Waals surface area contributed by atoms with Crippen molar-refractivity contribution in [2.45, 2.75) is 30.2 Å². The maximum absolute atomic E-state index is 13.1. The summed E-state index contributed by atoms with van der Waals surface area (Å²) in [6, 6.07) is 15.1. The topological polar surface area (TPSA) is 140 Å². The van der Waals surface area contributed by atoms with Gasteiger partial charge in [0.15, 0.2) is 11.2 Å². The number of nitrogens with zero attached hydrogens (tertiary/aromatic N) is 5. The molecule has 5 rings (SSSR count). The Morgan fingerprint density at radius 1 is 1.14 bits per heavy atom. The fourth-order valence-corrected chi connectivity index (χ4v) is 5.89. The van der Waals surface area contributed by atoms with Gasteiger partial charge in [-0.1, -0.05) is 35.5 Å². The highest BCUT2D eigenvalue weighted by atomic mass is 32.2. The number of methoxy groups -OCH3 is 1. The molecule has 0 unspecified atom stereocenters. The fraction of sp³-hybridized carbons (Fsp3) is 0.292. The third kappa shape index (κ3) is 4.52. The number of carbonyl (C=O) groups is 1. The van der Waals surface area contributed by atoms with E-state index in [2.05, 4.69) is 20.3 Å². The SMILES string of the molecule is COC(=O)c1ccc(Cn2nnc3c(=O)[nH]c([C@@H]4CCCN(S(=O)(=O)c5ccccc5)C4)nc32)cc1. The van der Waals surface area contributed by atoms with Crippen molar-refractivity contribution in [3.8, 4) is 0 Å². The van der Waals surface area contributed by atoms with Crippen LogP contribution in [0.2, 0.25) is 0 Å². The van der Waals surface area contributed by atoms with Crippen molar-refractivity contribution in [3.05, 3.63) is 81.9 Å². The third-order valence-electron chi connectivity index (χ3n) is 6.25. The van der Waals surface area contributed by atoms with E-state index < -0.39 is 21.6 Å². The number of ether oxygens (including phenoxy) is 1. The molecule has 2 aromatic heterocycles. The van der Waals surface area contributed by atoms with Crippen LogP contribution in [0.1, 0.15) is 40.5 Å². The Labute approximate surface area is 206 Å². The normalized spacial score (nSPS) is 16.8. The number of esters is 1. The molecule has 1 N–H and O–H groups in total. The zero-order valence-corrected chi connectivity index (χ0v) is 20.3. The number of benzene rings is 2. The van der Waals surface area contributed by atoms with Crippen molar-refractivity contribution in [3.63, 3.8) is 0 Å². The van der Waals surface area contributed by atoms with Crippen LogP contribution in [-0.4, -0.2) is 63.9 Å². The minimum Gasteiger partial charge on any atom is -0.465 e. The average Bonchev–Trinajstić information content (AvgIpc) is 3.32. The van der Waals surface area contributed by atoms with Gasteiger partial charge in [-0.3, -0.25) is 4.79 Å². The van der Waals surface area contributed by atoms with Crippen LogP contribution >= 0.6 is 0 Å². The van der Waals surface area contributed by atoms with Crippen LogP contribution in [0.3, 0.4) is 0 Å². The monoisotopic (exact) mass is 508 g/mol. The minimum absolute atomic E-state index is 0.106. The highest BCUT2D eigenvalue weighted by Crippen LogP contribution is 2.28. The lowest BCUT2D eigenvalue weighted by atomic mass is 9.99.